The molecule has 2 nitrogen and oxygen atoms in total. The Balaban J connectivity index is 1.89. The maximum Gasteiger partial charge on any atom is 0.181 e. The average molecular weight is 116 g/mol. The second-order valence-corrected chi connectivity index (χ2v) is 2.21. The van der Waals surface area contributed by atoms with E-state index in [-0.39, 0.29) is 6.10 Å². The number of ether oxygens (including phenoxy) is 1. The van der Waals surface area contributed by atoms with Gasteiger partial charge in [0.05, 0.1) is 0 Å². The summed E-state index contributed by atoms with van der Waals surface area (Å²) in [5.41, 5.74) is 0. The van der Waals surface area contributed by atoms with Gasteiger partial charge in [0, 0.05) is 0 Å². The van der Waals surface area contributed by atoms with E-state index in [1.165, 1.54) is 12.8 Å². The number of rotatable bonds is 3. The van der Waals surface area contributed by atoms with Gasteiger partial charge in [0.15, 0.2) is 6.29 Å². The monoisotopic (exact) mass is 116 g/mol. The highest BCUT2D eigenvalue weighted by Crippen LogP contribution is 2.23. The van der Waals surface area contributed by atoms with Crippen LogP contribution in [-0.2, 0) is 4.74 Å². The lowest BCUT2D eigenvalue weighted by atomic mass is 10.2. The molecular weight excluding hydrogens is 104 g/mol. The van der Waals surface area contributed by atoms with Crippen LogP contribution >= 0.6 is 0 Å². The van der Waals surface area contributed by atoms with Crippen LogP contribution in [-0.4, -0.2) is 17.5 Å². The van der Waals surface area contributed by atoms with Crippen LogP contribution in [0.4, 0.5) is 0 Å². The molecule has 0 amide bonds. The maximum atomic E-state index is 8.63. The van der Waals surface area contributed by atoms with Crippen LogP contribution in [0.15, 0.2) is 0 Å². The molecule has 0 aromatic rings. The van der Waals surface area contributed by atoms with Crippen molar-refractivity contribution < 1.29 is 9.84 Å². The first-order chi connectivity index (χ1) is 3.84. The fourth-order valence-electron chi connectivity index (χ4n) is 0.750. The number of hydrogen-bond donors (Lipinski definition) is 1. The molecule has 1 heterocycles. The van der Waals surface area contributed by atoms with Gasteiger partial charge in [-0.3, -0.25) is 0 Å². The van der Waals surface area contributed by atoms with Gasteiger partial charge < -0.3 is 9.84 Å². The van der Waals surface area contributed by atoms with Crippen molar-refractivity contribution in [1.82, 2.24) is 0 Å². The molecule has 2 unspecified atom stereocenters. The first-order valence-corrected chi connectivity index (χ1v) is 3.18. The summed E-state index contributed by atoms with van der Waals surface area (Å²) in [4.78, 5) is 0. The van der Waals surface area contributed by atoms with Crippen molar-refractivity contribution in [2.45, 2.75) is 38.6 Å². The van der Waals surface area contributed by atoms with Crippen molar-refractivity contribution in [3.63, 3.8) is 0 Å². The molecule has 1 rings (SSSR count). The van der Waals surface area contributed by atoms with Gasteiger partial charge in [-0.2, -0.15) is 0 Å². The zero-order valence-corrected chi connectivity index (χ0v) is 5.13. The standard InChI is InChI=1S/C6H12O2/c1-2-3-4-5-6(7)8-5/h5-7H,2-4H2,1H3. The Morgan fingerprint density at radius 1 is 1.62 bits per heavy atom. The van der Waals surface area contributed by atoms with Crippen LogP contribution in [0.3, 0.4) is 0 Å². The largest absolute Gasteiger partial charge is 0.366 e. The van der Waals surface area contributed by atoms with E-state index in [2.05, 4.69) is 6.92 Å². The minimum absolute atomic E-state index is 0.176. The molecule has 0 bridgehead atoms. The Bertz CT molecular complexity index is 72.9. The average Bonchev–Trinajstić information content (AvgIpc) is 2.42. The summed E-state index contributed by atoms with van der Waals surface area (Å²) in [6.07, 6.45) is 3.13. The van der Waals surface area contributed by atoms with Gasteiger partial charge in [0.1, 0.15) is 6.10 Å². The molecule has 2 atom stereocenters. The van der Waals surface area contributed by atoms with Crippen LogP contribution < -0.4 is 0 Å². The van der Waals surface area contributed by atoms with Gasteiger partial charge in [-0.15, -0.1) is 0 Å². The predicted molar refractivity (Wildman–Crippen MR) is 30.4 cm³/mol. The molecule has 1 fully saturated rings. The molecule has 0 aromatic heterocycles. The van der Waals surface area contributed by atoms with Crippen molar-refractivity contribution in [3.8, 4) is 0 Å². The third-order valence-corrected chi connectivity index (χ3v) is 1.40. The topological polar surface area (TPSA) is 32.8 Å². The van der Waals surface area contributed by atoms with E-state index < -0.39 is 6.29 Å². The van der Waals surface area contributed by atoms with Crippen molar-refractivity contribution >= 4 is 0 Å². The number of unbranched alkanes of at least 4 members (excludes halogenated alkanes) is 1. The molecule has 0 aliphatic carbocycles. The van der Waals surface area contributed by atoms with E-state index in [0.29, 0.717) is 0 Å². The molecular formula is C6H12O2. The van der Waals surface area contributed by atoms with E-state index in [9.17, 15) is 0 Å². The summed E-state index contributed by atoms with van der Waals surface area (Å²) in [5, 5.41) is 8.63. The lowest BCUT2D eigenvalue weighted by Gasteiger charge is -1.87. The smallest absolute Gasteiger partial charge is 0.181 e. The highest BCUT2D eigenvalue weighted by Gasteiger charge is 2.35. The van der Waals surface area contributed by atoms with E-state index >= 15 is 0 Å². The van der Waals surface area contributed by atoms with Crippen LogP contribution in [0.1, 0.15) is 26.2 Å². The molecule has 0 saturated carbocycles. The first kappa shape index (κ1) is 6.05. The molecule has 2 heteroatoms. The SMILES string of the molecule is CCCCC1OC1O. The van der Waals surface area contributed by atoms with Crippen molar-refractivity contribution in [1.29, 1.82) is 0 Å². The summed E-state index contributed by atoms with van der Waals surface area (Å²) < 4.78 is 4.77. The zero-order chi connectivity index (χ0) is 5.98. The lowest BCUT2D eigenvalue weighted by Crippen LogP contribution is -1.90. The van der Waals surface area contributed by atoms with Gasteiger partial charge in [-0.1, -0.05) is 19.8 Å². The summed E-state index contributed by atoms with van der Waals surface area (Å²) in [6.45, 7) is 2.13. The first-order valence-electron chi connectivity index (χ1n) is 3.18. The molecule has 0 aromatic carbocycles. The maximum absolute atomic E-state index is 8.63. The summed E-state index contributed by atoms with van der Waals surface area (Å²) in [7, 11) is 0. The minimum Gasteiger partial charge on any atom is -0.366 e. The fraction of sp³-hybridized carbons (Fsp3) is 1.00. The second kappa shape index (κ2) is 2.46. The van der Waals surface area contributed by atoms with Crippen LogP contribution in [0.25, 0.3) is 0 Å². The highest BCUT2D eigenvalue weighted by atomic mass is 16.7. The number of aliphatic hydroxyl groups is 1. The van der Waals surface area contributed by atoms with Gasteiger partial charge >= 0.3 is 0 Å². The minimum atomic E-state index is -0.429. The third kappa shape index (κ3) is 1.46. The number of epoxide rings is 1. The Hall–Kier alpha value is -0.0800. The predicted octanol–water partition coefficient (Wildman–Crippen LogP) is 0.894. The number of hydrogen-bond acceptors (Lipinski definition) is 2. The molecule has 1 saturated heterocycles. The Kier molecular flexibility index (Phi) is 1.86. The lowest BCUT2D eigenvalue weighted by molar-refractivity contribution is 0.156. The van der Waals surface area contributed by atoms with Crippen molar-refractivity contribution in [2.24, 2.45) is 0 Å². The summed E-state index contributed by atoms with van der Waals surface area (Å²) in [6, 6.07) is 0. The molecule has 0 radical (unpaired) electrons. The molecule has 48 valence electrons. The summed E-state index contributed by atoms with van der Waals surface area (Å²) >= 11 is 0. The van der Waals surface area contributed by atoms with Crippen LogP contribution in [0, 0.1) is 0 Å². The van der Waals surface area contributed by atoms with Gasteiger partial charge in [-0.05, 0) is 6.42 Å². The fourth-order valence-corrected chi connectivity index (χ4v) is 0.750. The van der Waals surface area contributed by atoms with Crippen molar-refractivity contribution in [3.05, 3.63) is 0 Å². The molecule has 1 N–H and O–H groups in total. The number of aliphatic hydroxyl groups excluding tert-OH is 1. The van der Waals surface area contributed by atoms with E-state index in [4.69, 9.17) is 9.84 Å². The van der Waals surface area contributed by atoms with Crippen LogP contribution in [0.2, 0.25) is 0 Å². The molecule has 8 heavy (non-hydrogen) atoms. The van der Waals surface area contributed by atoms with Crippen LogP contribution in [0.5, 0.6) is 0 Å². The quantitative estimate of drug-likeness (QED) is 0.555. The normalized spacial score (nSPS) is 35.2. The van der Waals surface area contributed by atoms with E-state index in [1.807, 2.05) is 0 Å². The van der Waals surface area contributed by atoms with E-state index in [0.717, 1.165) is 6.42 Å². The van der Waals surface area contributed by atoms with Gasteiger partial charge in [0.25, 0.3) is 0 Å². The Labute approximate surface area is 49.5 Å². The highest BCUT2D eigenvalue weighted by molar-refractivity contribution is 4.73. The summed E-state index contributed by atoms with van der Waals surface area (Å²) in [5.74, 6) is 0. The molecule has 0 spiro atoms. The van der Waals surface area contributed by atoms with Crippen molar-refractivity contribution in [2.75, 3.05) is 0 Å². The van der Waals surface area contributed by atoms with Gasteiger partial charge in [-0.25, -0.2) is 0 Å². The molecule has 1 aliphatic heterocycles. The van der Waals surface area contributed by atoms with E-state index in [1.54, 1.807) is 0 Å². The second-order valence-electron chi connectivity index (χ2n) is 2.21. The zero-order valence-electron chi connectivity index (χ0n) is 5.13. The molecule has 1 aliphatic rings. The van der Waals surface area contributed by atoms with Gasteiger partial charge in [0.2, 0.25) is 0 Å². The Morgan fingerprint density at radius 2 is 2.25 bits per heavy atom. The Morgan fingerprint density at radius 3 is 2.62 bits per heavy atom. The third-order valence-electron chi connectivity index (χ3n) is 1.40.